The monoisotopic (exact) mass is 186 g/mol. The van der Waals surface area contributed by atoms with Gasteiger partial charge in [-0.15, -0.1) is 0 Å². The van der Waals surface area contributed by atoms with Gasteiger partial charge in [0.1, 0.15) is 0 Å². The Balaban J connectivity index is 4.40. The van der Waals surface area contributed by atoms with Crippen LogP contribution in [0.1, 0.15) is 0 Å². The topological polar surface area (TPSA) is 0 Å². The Kier molecular flexibility index (Phi) is 2.34. The third-order valence-electron chi connectivity index (χ3n) is 0.652. The van der Waals surface area contributed by atoms with Crippen molar-refractivity contribution in [2.45, 2.75) is 12.0 Å². The minimum Gasteiger partial charge on any atom is -0.234 e. The molecule has 0 saturated carbocycles. The zero-order valence-electron chi connectivity index (χ0n) is 4.22. The fourth-order valence-corrected chi connectivity index (χ4v) is 0.371. The molecular weight excluding hydrogens is 185 g/mol. The molecule has 0 amide bonds. The summed E-state index contributed by atoms with van der Waals surface area (Å²) >= 11 is 0. The second-order valence-electron chi connectivity index (χ2n) is 1.42. The summed E-state index contributed by atoms with van der Waals surface area (Å²) in [7, 11) is -7.53. The van der Waals surface area contributed by atoms with Crippen molar-refractivity contribution in [1.29, 1.82) is 0 Å². The molecule has 0 bridgehead atoms. The summed E-state index contributed by atoms with van der Waals surface area (Å²) in [6.45, 7) is 0. The highest BCUT2D eigenvalue weighted by molar-refractivity contribution is 6.61. The molecule has 0 nitrogen and oxygen atoms in total. The SMILES string of the molecule is FC(F)C(F)(F)[Si](F)(F)F. The second-order valence-corrected chi connectivity index (χ2v) is 3.08. The van der Waals surface area contributed by atoms with Crippen molar-refractivity contribution in [3.8, 4) is 0 Å². The third-order valence-corrected chi connectivity index (χ3v) is 1.63. The van der Waals surface area contributed by atoms with E-state index in [1.807, 2.05) is 0 Å². The highest BCUT2D eigenvalue weighted by atomic mass is 28.5. The molecule has 0 spiro atoms. The van der Waals surface area contributed by atoms with Crippen LogP contribution in [0.4, 0.5) is 29.9 Å². The van der Waals surface area contributed by atoms with E-state index in [2.05, 4.69) is 0 Å². The van der Waals surface area contributed by atoms with Crippen molar-refractivity contribution in [2.75, 3.05) is 0 Å². The number of alkyl halides is 4. The molecule has 0 aromatic carbocycles. The Morgan fingerprint density at radius 1 is 1.00 bits per heavy atom. The van der Waals surface area contributed by atoms with Gasteiger partial charge < -0.3 is 0 Å². The van der Waals surface area contributed by atoms with E-state index in [1.54, 1.807) is 0 Å². The van der Waals surface area contributed by atoms with Crippen LogP contribution in [-0.2, 0) is 0 Å². The van der Waals surface area contributed by atoms with Gasteiger partial charge in [-0.1, -0.05) is 0 Å². The van der Waals surface area contributed by atoms with Gasteiger partial charge in [0.25, 0.3) is 0 Å². The molecule has 0 aromatic rings. The third kappa shape index (κ3) is 1.61. The number of hydrogen-bond acceptors (Lipinski definition) is 0. The quantitative estimate of drug-likeness (QED) is 0.352. The smallest absolute Gasteiger partial charge is 0.234 e. The van der Waals surface area contributed by atoms with E-state index >= 15 is 0 Å². The van der Waals surface area contributed by atoms with Crippen molar-refractivity contribution in [3.63, 3.8) is 0 Å². The van der Waals surface area contributed by atoms with Gasteiger partial charge in [-0.25, -0.2) is 21.1 Å². The molecule has 8 heteroatoms. The largest absolute Gasteiger partial charge is 0.696 e. The second kappa shape index (κ2) is 2.40. The number of rotatable bonds is 2. The van der Waals surface area contributed by atoms with Gasteiger partial charge in [0, 0.05) is 0 Å². The van der Waals surface area contributed by atoms with Crippen LogP contribution in [0.25, 0.3) is 0 Å². The Bertz CT molecular complexity index is 113. The molecule has 0 unspecified atom stereocenters. The predicted octanol–water partition coefficient (Wildman–Crippen LogP) is 2.27. The van der Waals surface area contributed by atoms with Crippen molar-refractivity contribution < 1.29 is 29.9 Å². The van der Waals surface area contributed by atoms with E-state index in [0.29, 0.717) is 0 Å². The highest BCUT2D eigenvalue weighted by Crippen LogP contribution is 2.35. The molecule has 0 aliphatic heterocycles. The molecule has 0 aliphatic rings. The minimum absolute atomic E-state index is 4.64. The molecular formula is C2HF7Si. The van der Waals surface area contributed by atoms with Crippen molar-refractivity contribution >= 4 is 9.08 Å². The first-order valence-corrected chi connectivity index (χ1v) is 3.55. The normalized spacial score (nSPS) is 14.4. The lowest BCUT2D eigenvalue weighted by atomic mass is 10.7. The molecule has 0 aromatic heterocycles. The van der Waals surface area contributed by atoms with Gasteiger partial charge in [-0.2, -0.15) is 8.78 Å². The van der Waals surface area contributed by atoms with Crippen molar-refractivity contribution in [2.24, 2.45) is 0 Å². The zero-order valence-corrected chi connectivity index (χ0v) is 5.22. The molecule has 0 radical (unpaired) electrons. The summed E-state index contributed by atoms with van der Waals surface area (Å²) in [4.78, 5) is 0. The van der Waals surface area contributed by atoms with Crippen LogP contribution in [0, 0.1) is 0 Å². The van der Waals surface area contributed by atoms with Gasteiger partial charge in [-0.3, -0.25) is 0 Å². The number of halogens is 7. The Hall–Kier alpha value is -0.273. The summed E-state index contributed by atoms with van der Waals surface area (Å²) < 4.78 is 77.2. The van der Waals surface area contributed by atoms with Crippen LogP contribution in [-0.4, -0.2) is 21.0 Å². The van der Waals surface area contributed by atoms with Crippen LogP contribution in [0.15, 0.2) is 0 Å². The molecule has 10 heavy (non-hydrogen) atoms. The average Bonchev–Trinajstić information content (AvgIpc) is 1.62. The van der Waals surface area contributed by atoms with Crippen molar-refractivity contribution in [1.82, 2.24) is 0 Å². The van der Waals surface area contributed by atoms with E-state index in [9.17, 15) is 29.9 Å². The standard InChI is InChI=1S/C2HF7Si/c3-1(4)2(5,6)10(7,8)9/h1H. The van der Waals surface area contributed by atoms with Crippen LogP contribution >= 0.6 is 0 Å². The van der Waals surface area contributed by atoms with E-state index < -0.39 is 21.0 Å². The summed E-state index contributed by atoms with van der Waals surface area (Å²) in [5, 5.41) is 0. The molecule has 0 aliphatic carbocycles. The minimum atomic E-state index is -7.53. The van der Waals surface area contributed by atoms with Gasteiger partial charge in [0.05, 0.1) is 0 Å². The van der Waals surface area contributed by atoms with Gasteiger partial charge in [-0.05, 0) is 0 Å². The lowest BCUT2D eigenvalue weighted by Crippen LogP contribution is -2.47. The van der Waals surface area contributed by atoms with E-state index in [-0.39, 0.29) is 0 Å². The van der Waals surface area contributed by atoms with E-state index in [1.165, 1.54) is 0 Å². The van der Waals surface area contributed by atoms with Gasteiger partial charge in [0.2, 0.25) is 0 Å². The molecule has 0 N–H and O–H groups in total. The first kappa shape index (κ1) is 9.73. The fraction of sp³-hybridized carbons (Fsp3) is 1.00. The maximum Gasteiger partial charge on any atom is 0.696 e. The first-order valence-electron chi connectivity index (χ1n) is 1.92. The molecule has 0 rings (SSSR count). The lowest BCUT2D eigenvalue weighted by Gasteiger charge is -2.14. The zero-order chi connectivity index (χ0) is 8.58. The molecule has 0 fully saturated rings. The molecule has 62 valence electrons. The van der Waals surface area contributed by atoms with Crippen LogP contribution in [0.2, 0.25) is 0 Å². The van der Waals surface area contributed by atoms with Crippen LogP contribution in [0.3, 0.4) is 0 Å². The predicted molar refractivity (Wildman–Crippen MR) is 20.0 cm³/mol. The Morgan fingerprint density at radius 3 is 1.30 bits per heavy atom. The average molecular weight is 186 g/mol. The summed E-state index contributed by atoms with van der Waals surface area (Å²) in [5.41, 5.74) is -5.76. The van der Waals surface area contributed by atoms with Crippen LogP contribution in [0.5, 0.6) is 0 Å². The van der Waals surface area contributed by atoms with Gasteiger partial charge in [0.15, 0.2) is 0 Å². The summed E-state index contributed by atoms with van der Waals surface area (Å²) in [6, 6.07) is 0. The maximum absolute atomic E-state index is 11.2. The van der Waals surface area contributed by atoms with Gasteiger partial charge >= 0.3 is 21.0 Å². The first-order chi connectivity index (χ1) is 4.19. The highest BCUT2D eigenvalue weighted by Gasteiger charge is 2.70. The summed E-state index contributed by atoms with van der Waals surface area (Å²) in [5.74, 6) is 0. The molecule has 0 saturated heterocycles. The Labute approximate surface area is 52.2 Å². The molecule has 0 atom stereocenters. The summed E-state index contributed by atoms with van der Waals surface area (Å²) in [6.07, 6.45) is -4.64. The van der Waals surface area contributed by atoms with Crippen LogP contribution < -0.4 is 0 Å². The maximum atomic E-state index is 11.2. The fourth-order valence-electron chi connectivity index (χ4n) is 0.124. The van der Waals surface area contributed by atoms with E-state index in [0.717, 1.165) is 0 Å². The number of hydrogen-bond donors (Lipinski definition) is 0. The van der Waals surface area contributed by atoms with E-state index in [4.69, 9.17) is 0 Å². The lowest BCUT2D eigenvalue weighted by molar-refractivity contribution is -0.0927. The van der Waals surface area contributed by atoms with Crippen molar-refractivity contribution in [3.05, 3.63) is 0 Å². The molecule has 0 heterocycles. The Morgan fingerprint density at radius 2 is 1.30 bits per heavy atom.